The van der Waals surface area contributed by atoms with E-state index in [0.717, 1.165) is 5.56 Å². The van der Waals surface area contributed by atoms with Gasteiger partial charge in [0.05, 0.1) is 22.4 Å². The molecule has 78 valence electrons. The van der Waals surface area contributed by atoms with E-state index in [2.05, 4.69) is 44.2 Å². The molecule has 16 heavy (non-hydrogen) atoms. The minimum atomic E-state index is 0.133. The third-order valence-corrected chi connectivity index (χ3v) is 1.95. The third-order valence-electron chi connectivity index (χ3n) is 1.56. The molecule has 0 fully saturated rings. The van der Waals surface area contributed by atoms with Gasteiger partial charge in [0.2, 0.25) is 0 Å². The summed E-state index contributed by atoms with van der Waals surface area (Å²) >= 11 is 10.4. The molecule has 0 unspecified atom stereocenters. The van der Waals surface area contributed by atoms with Crippen LogP contribution in [0.25, 0.3) is 10.4 Å². The van der Waals surface area contributed by atoms with Gasteiger partial charge in [0.25, 0.3) is 0 Å². The number of thiocarbonyl (C=S) groups is 1. The average molecular weight is 249 g/mol. The van der Waals surface area contributed by atoms with Crippen molar-refractivity contribution in [1.82, 2.24) is 0 Å². The standard InChI is InChI=1S/C10H5ClN4S/c11-9-6-8(2-1-5-14-15-12)3-4-10(9)13-7-16/h3-4,6H,5H2. The molecule has 0 heterocycles. The zero-order valence-corrected chi connectivity index (χ0v) is 9.59. The van der Waals surface area contributed by atoms with Gasteiger partial charge >= 0.3 is 0 Å². The number of isothiocyanates is 1. The largest absolute Gasteiger partial charge is 0.193 e. The molecule has 0 aliphatic heterocycles. The highest BCUT2D eigenvalue weighted by atomic mass is 35.5. The van der Waals surface area contributed by atoms with E-state index in [9.17, 15) is 0 Å². The van der Waals surface area contributed by atoms with Crippen LogP contribution in [0.1, 0.15) is 5.56 Å². The molecule has 1 aromatic rings. The van der Waals surface area contributed by atoms with Gasteiger partial charge in [-0.3, -0.25) is 0 Å². The molecule has 6 heteroatoms. The summed E-state index contributed by atoms with van der Waals surface area (Å²) in [7, 11) is 0. The van der Waals surface area contributed by atoms with Gasteiger partial charge in [-0.25, -0.2) is 0 Å². The zero-order valence-electron chi connectivity index (χ0n) is 8.01. The Kier molecular flexibility index (Phi) is 5.07. The first-order valence-corrected chi connectivity index (χ1v) is 4.93. The van der Waals surface area contributed by atoms with Crippen molar-refractivity contribution in [2.75, 3.05) is 6.54 Å². The van der Waals surface area contributed by atoms with Crippen molar-refractivity contribution in [3.8, 4) is 11.8 Å². The maximum absolute atomic E-state index is 8.04. The number of hydrogen-bond acceptors (Lipinski definition) is 3. The Morgan fingerprint density at radius 1 is 1.50 bits per heavy atom. The van der Waals surface area contributed by atoms with Crippen LogP contribution in [0, 0.1) is 11.8 Å². The quantitative estimate of drug-likeness (QED) is 0.196. The number of rotatable bonds is 2. The third kappa shape index (κ3) is 3.74. The molecule has 0 amide bonds. The van der Waals surface area contributed by atoms with E-state index in [4.69, 9.17) is 17.1 Å². The second kappa shape index (κ2) is 6.62. The van der Waals surface area contributed by atoms with Crippen molar-refractivity contribution in [3.05, 3.63) is 39.2 Å². The van der Waals surface area contributed by atoms with Gasteiger partial charge in [-0.15, -0.1) is 0 Å². The van der Waals surface area contributed by atoms with Crippen LogP contribution in [0.2, 0.25) is 5.02 Å². The van der Waals surface area contributed by atoms with Crippen LogP contribution in [0.15, 0.2) is 28.3 Å². The van der Waals surface area contributed by atoms with Crippen molar-refractivity contribution >= 4 is 34.7 Å². The first-order chi connectivity index (χ1) is 7.77. The Balaban J connectivity index is 2.91. The Morgan fingerprint density at radius 2 is 2.31 bits per heavy atom. The van der Waals surface area contributed by atoms with Crippen molar-refractivity contribution in [2.45, 2.75) is 0 Å². The monoisotopic (exact) mass is 248 g/mol. The highest BCUT2D eigenvalue weighted by Gasteiger charge is 1.97. The Morgan fingerprint density at radius 3 is 2.94 bits per heavy atom. The summed E-state index contributed by atoms with van der Waals surface area (Å²) in [6.07, 6.45) is 0. The molecular weight excluding hydrogens is 244 g/mol. The summed E-state index contributed by atoms with van der Waals surface area (Å²) in [5.74, 6) is 5.49. The number of azide groups is 1. The van der Waals surface area contributed by atoms with E-state index in [0.29, 0.717) is 10.7 Å². The number of aliphatic imine (C=N–C) groups is 1. The molecule has 0 spiro atoms. The molecule has 0 N–H and O–H groups in total. The van der Waals surface area contributed by atoms with Gasteiger partial charge in [0.15, 0.2) is 0 Å². The van der Waals surface area contributed by atoms with Crippen LogP contribution < -0.4 is 0 Å². The molecule has 1 aromatic carbocycles. The van der Waals surface area contributed by atoms with Gasteiger partial charge in [-0.1, -0.05) is 28.6 Å². The number of nitrogens with zero attached hydrogens (tertiary/aromatic N) is 4. The lowest BCUT2D eigenvalue weighted by Gasteiger charge is -1.96. The molecular formula is C10H5ClN4S. The minimum absolute atomic E-state index is 0.133. The smallest absolute Gasteiger partial charge is 0.0926 e. The summed E-state index contributed by atoms with van der Waals surface area (Å²) in [6.45, 7) is 0.133. The fourth-order valence-electron chi connectivity index (χ4n) is 0.933. The van der Waals surface area contributed by atoms with Gasteiger partial charge in [-0.2, -0.15) is 4.99 Å². The highest BCUT2D eigenvalue weighted by Crippen LogP contribution is 2.24. The number of halogens is 1. The Labute approximate surface area is 103 Å². The molecule has 0 atom stereocenters. The van der Waals surface area contributed by atoms with Crippen molar-refractivity contribution in [1.29, 1.82) is 0 Å². The topological polar surface area (TPSA) is 61.1 Å². The van der Waals surface area contributed by atoms with E-state index in [1.54, 1.807) is 18.2 Å². The van der Waals surface area contributed by atoms with Crippen molar-refractivity contribution in [3.63, 3.8) is 0 Å². The summed E-state index contributed by atoms with van der Waals surface area (Å²) in [6, 6.07) is 5.11. The lowest BCUT2D eigenvalue weighted by Crippen LogP contribution is -1.76. The summed E-state index contributed by atoms with van der Waals surface area (Å²) in [4.78, 5) is 6.36. The molecule has 1 rings (SSSR count). The predicted molar refractivity (Wildman–Crippen MR) is 67.0 cm³/mol. The van der Waals surface area contributed by atoms with Crippen LogP contribution in [-0.2, 0) is 0 Å². The highest BCUT2D eigenvalue weighted by molar-refractivity contribution is 7.78. The fourth-order valence-corrected chi connectivity index (χ4v) is 1.25. The van der Waals surface area contributed by atoms with Crippen LogP contribution in [0.4, 0.5) is 5.69 Å². The van der Waals surface area contributed by atoms with Crippen molar-refractivity contribution in [2.24, 2.45) is 10.1 Å². The SMILES string of the molecule is [N-]=[N+]=NCC#Cc1ccc(N=C=S)c(Cl)c1. The van der Waals surface area contributed by atoms with Gasteiger partial charge in [0, 0.05) is 10.5 Å². The molecule has 0 aliphatic rings. The number of benzene rings is 1. The van der Waals surface area contributed by atoms with Crippen LogP contribution in [0.3, 0.4) is 0 Å². The van der Waals surface area contributed by atoms with Crippen LogP contribution >= 0.6 is 23.8 Å². The van der Waals surface area contributed by atoms with E-state index < -0.39 is 0 Å². The van der Waals surface area contributed by atoms with E-state index in [1.807, 2.05) is 0 Å². The zero-order chi connectivity index (χ0) is 11.8. The maximum Gasteiger partial charge on any atom is 0.0926 e. The Bertz CT molecular complexity index is 546. The lowest BCUT2D eigenvalue weighted by atomic mass is 10.2. The molecule has 0 aliphatic carbocycles. The normalized spacial score (nSPS) is 8.06. The van der Waals surface area contributed by atoms with E-state index >= 15 is 0 Å². The van der Waals surface area contributed by atoms with E-state index in [-0.39, 0.29) is 6.54 Å². The number of hydrogen-bond donors (Lipinski definition) is 0. The first-order valence-electron chi connectivity index (χ1n) is 4.15. The summed E-state index contributed by atoms with van der Waals surface area (Å²) < 4.78 is 0. The molecule has 4 nitrogen and oxygen atoms in total. The molecule has 0 saturated heterocycles. The molecule has 0 saturated carbocycles. The van der Waals surface area contributed by atoms with Crippen LogP contribution in [-0.4, -0.2) is 11.7 Å². The summed E-state index contributed by atoms with van der Waals surface area (Å²) in [5.41, 5.74) is 9.32. The maximum atomic E-state index is 8.04. The summed E-state index contributed by atoms with van der Waals surface area (Å²) in [5, 5.41) is 5.98. The Hall–Kier alpha value is -1.82. The van der Waals surface area contributed by atoms with Gasteiger partial charge in [-0.05, 0) is 35.9 Å². The predicted octanol–water partition coefficient (Wildman–Crippen LogP) is 3.74. The fraction of sp³-hybridized carbons (Fsp3) is 0.100. The lowest BCUT2D eigenvalue weighted by molar-refractivity contribution is 1.25. The molecule has 0 aromatic heterocycles. The van der Waals surface area contributed by atoms with Crippen LogP contribution in [0.5, 0.6) is 0 Å². The van der Waals surface area contributed by atoms with Gasteiger partial charge in [0.1, 0.15) is 0 Å². The minimum Gasteiger partial charge on any atom is -0.193 e. The second-order valence-corrected chi connectivity index (χ2v) is 3.15. The average Bonchev–Trinajstić information content (AvgIpc) is 2.28. The van der Waals surface area contributed by atoms with Crippen molar-refractivity contribution < 1.29 is 0 Å². The van der Waals surface area contributed by atoms with E-state index in [1.165, 1.54) is 0 Å². The first kappa shape index (κ1) is 12.3. The molecule has 0 radical (unpaired) electrons. The molecule has 0 bridgehead atoms. The van der Waals surface area contributed by atoms with Gasteiger partial charge < -0.3 is 0 Å². The second-order valence-electron chi connectivity index (χ2n) is 2.56.